The summed E-state index contributed by atoms with van der Waals surface area (Å²) in [7, 11) is 0. The molecule has 1 saturated carbocycles. The van der Waals surface area contributed by atoms with Crippen LogP contribution in [-0.4, -0.2) is 46.3 Å². The van der Waals surface area contributed by atoms with Crippen LogP contribution >= 0.6 is 23.2 Å². The molecule has 1 aromatic rings. The Hall–Kier alpha value is -1.21. The van der Waals surface area contributed by atoms with Crippen LogP contribution in [-0.2, 0) is 11.0 Å². The minimum Gasteiger partial charge on any atom is -0.355 e. The molecular formula is C16H18Cl2F3N3O. The topological polar surface area (TPSA) is 36.4 Å². The summed E-state index contributed by atoms with van der Waals surface area (Å²) in [4.78, 5) is 20.2. The highest BCUT2D eigenvalue weighted by Gasteiger charge is 2.68. The van der Waals surface area contributed by atoms with E-state index in [4.69, 9.17) is 23.2 Å². The second-order valence-electron chi connectivity index (χ2n) is 6.75. The van der Waals surface area contributed by atoms with E-state index < -0.39 is 21.5 Å². The van der Waals surface area contributed by atoms with Gasteiger partial charge in [-0.05, 0) is 31.9 Å². The third-order valence-electron chi connectivity index (χ3n) is 4.91. The Bertz CT molecular complexity index is 666. The van der Waals surface area contributed by atoms with Crippen molar-refractivity contribution in [1.29, 1.82) is 0 Å². The van der Waals surface area contributed by atoms with Crippen LogP contribution in [0.3, 0.4) is 0 Å². The number of carbonyl (C=O) groups is 1. The van der Waals surface area contributed by atoms with E-state index in [-0.39, 0.29) is 5.91 Å². The van der Waals surface area contributed by atoms with Gasteiger partial charge in [-0.25, -0.2) is 4.98 Å². The van der Waals surface area contributed by atoms with Gasteiger partial charge >= 0.3 is 6.18 Å². The molecule has 2 fully saturated rings. The van der Waals surface area contributed by atoms with Crippen molar-refractivity contribution in [3.8, 4) is 0 Å². The fraction of sp³-hybridized carbons (Fsp3) is 0.625. The number of nitrogens with zero attached hydrogens (tertiary/aromatic N) is 3. The first-order valence-electron chi connectivity index (χ1n) is 8.00. The summed E-state index contributed by atoms with van der Waals surface area (Å²) in [6.45, 7) is 3.90. The number of hydrogen-bond acceptors (Lipinski definition) is 3. The summed E-state index contributed by atoms with van der Waals surface area (Å²) in [6, 6.07) is 2.39. The zero-order valence-corrected chi connectivity index (χ0v) is 15.1. The van der Waals surface area contributed by atoms with Crippen LogP contribution in [0.4, 0.5) is 19.0 Å². The van der Waals surface area contributed by atoms with Gasteiger partial charge in [-0.3, -0.25) is 4.79 Å². The second kappa shape index (κ2) is 6.20. The summed E-state index contributed by atoms with van der Waals surface area (Å²) < 4.78 is 36.9. The van der Waals surface area contributed by atoms with Crippen LogP contribution in [0.25, 0.3) is 0 Å². The van der Waals surface area contributed by atoms with Crippen molar-refractivity contribution < 1.29 is 18.0 Å². The number of anilines is 1. The van der Waals surface area contributed by atoms with E-state index in [0.717, 1.165) is 12.3 Å². The Morgan fingerprint density at radius 1 is 1.20 bits per heavy atom. The molecule has 2 heterocycles. The van der Waals surface area contributed by atoms with E-state index in [1.165, 1.54) is 6.07 Å². The number of hydrogen-bond donors (Lipinski definition) is 0. The van der Waals surface area contributed by atoms with E-state index in [1.54, 1.807) is 11.8 Å². The van der Waals surface area contributed by atoms with Gasteiger partial charge in [-0.15, -0.1) is 23.2 Å². The lowest BCUT2D eigenvalue weighted by Gasteiger charge is -2.25. The quantitative estimate of drug-likeness (QED) is 0.715. The number of carbonyl (C=O) groups excluding carboxylic acids is 1. The highest BCUT2D eigenvalue weighted by Crippen LogP contribution is 2.64. The zero-order valence-electron chi connectivity index (χ0n) is 13.6. The molecule has 1 aliphatic heterocycles. The fourth-order valence-electron chi connectivity index (χ4n) is 3.07. The number of amides is 1. The number of halogens is 5. The molecule has 1 aromatic heterocycles. The van der Waals surface area contributed by atoms with Crippen molar-refractivity contribution in [3.05, 3.63) is 23.9 Å². The first-order valence-corrected chi connectivity index (χ1v) is 8.76. The summed E-state index contributed by atoms with van der Waals surface area (Å²) in [5, 5.41) is 0. The van der Waals surface area contributed by atoms with Gasteiger partial charge in [-0.1, -0.05) is 0 Å². The maximum Gasteiger partial charge on any atom is 0.417 e. The third kappa shape index (κ3) is 3.53. The van der Waals surface area contributed by atoms with Gasteiger partial charge in [-0.2, -0.15) is 13.2 Å². The normalized spacial score (nSPS) is 26.3. The van der Waals surface area contributed by atoms with E-state index in [1.807, 2.05) is 4.90 Å². The summed E-state index contributed by atoms with van der Waals surface area (Å²) in [6.07, 6.45) is -2.43. The van der Waals surface area contributed by atoms with E-state index in [0.29, 0.717) is 44.8 Å². The Morgan fingerprint density at radius 3 is 2.40 bits per heavy atom. The first-order chi connectivity index (χ1) is 11.5. The van der Waals surface area contributed by atoms with Crippen LogP contribution in [0.2, 0.25) is 0 Å². The molecule has 4 nitrogen and oxygen atoms in total. The molecule has 0 N–H and O–H groups in total. The second-order valence-corrected chi connectivity index (χ2v) is 8.23. The van der Waals surface area contributed by atoms with E-state index in [2.05, 4.69) is 4.98 Å². The highest BCUT2D eigenvalue weighted by molar-refractivity contribution is 6.53. The minimum absolute atomic E-state index is 0.0697. The Labute approximate surface area is 153 Å². The Balaban J connectivity index is 1.65. The van der Waals surface area contributed by atoms with Gasteiger partial charge < -0.3 is 9.80 Å². The maximum absolute atomic E-state index is 12.6. The van der Waals surface area contributed by atoms with Crippen molar-refractivity contribution >= 4 is 34.9 Å². The van der Waals surface area contributed by atoms with Crippen LogP contribution in [0.15, 0.2) is 18.3 Å². The van der Waals surface area contributed by atoms with Crippen molar-refractivity contribution in [2.24, 2.45) is 5.41 Å². The van der Waals surface area contributed by atoms with Crippen molar-refractivity contribution in [1.82, 2.24) is 9.88 Å². The number of alkyl halides is 5. The van der Waals surface area contributed by atoms with Gasteiger partial charge in [0.25, 0.3) is 0 Å². The molecule has 2 aliphatic rings. The standard InChI is InChI=1S/C16H18Cl2F3N3O/c1-14(10-15(14,17)18)13(25)24-6-2-5-23(7-8-24)12-4-3-11(9-22-12)16(19,20)21/h3-4,9H,2,5-8,10H2,1H3/t14-/m1/s1. The summed E-state index contributed by atoms with van der Waals surface area (Å²) in [5.41, 5.74) is -1.53. The molecule has 138 valence electrons. The Morgan fingerprint density at radius 2 is 1.88 bits per heavy atom. The van der Waals surface area contributed by atoms with Crippen molar-refractivity contribution in [2.75, 3.05) is 31.1 Å². The number of aromatic nitrogens is 1. The van der Waals surface area contributed by atoms with Crippen molar-refractivity contribution in [3.63, 3.8) is 0 Å². The van der Waals surface area contributed by atoms with Gasteiger partial charge in [0, 0.05) is 32.4 Å². The largest absolute Gasteiger partial charge is 0.417 e. The maximum atomic E-state index is 12.6. The van der Waals surface area contributed by atoms with Crippen molar-refractivity contribution in [2.45, 2.75) is 30.3 Å². The molecule has 1 saturated heterocycles. The predicted octanol–water partition coefficient (Wildman–Crippen LogP) is 3.72. The lowest BCUT2D eigenvalue weighted by Crippen LogP contribution is -2.40. The predicted molar refractivity (Wildman–Crippen MR) is 89.8 cm³/mol. The molecule has 1 amide bonds. The SMILES string of the molecule is C[C@]1(C(=O)N2CCCN(c3ccc(C(F)(F)F)cn3)CC2)CC1(Cl)Cl. The molecule has 0 radical (unpaired) electrons. The molecule has 9 heteroatoms. The van der Waals surface area contributed by atoms with Crippen LogP contribution in [0.5, 0.6) is 0 Å². The average Bonchev–Trinajstić information content (AvgIpc) is 3.16. The third-order valence-corrected chi connectivity index (χ3v) is 6.01. The van der Waals surface area contributed by atoms with Crippen LogP contribution < -0.4 is 4.90 Å². The molecular weight excluding hydrogens is 378 g/mol. The summed E-state index contributed by atoms with van der Waals surface area (Å²) in [5.74, 6) is 0.406. The van der Waals surface area contributed by atoms with E-state index in [9.17, 15) is 18.0 Å². The highest BCUT2D eigenvalue weighted by atomic mass is 35.5. The molecule has 3 rings (SSSR count). The zero-order chi connectivity index (χ0) is 18.5. The summed E-state index contributed by atoms with van der Waals surface area (Å²) >= 11 is 12.2. The smallest absolute Gasteiger partial charge is 0.355 e. The number of pyridine rings is 1. The van der Waals surface area contributed by atoms with Gasteiger partial charge in [0.15, 0.2) is 0 Å². The molecule has 0 unspecified atom stereocenters. The molecule has 0 bridgehead atoms. The van der Waals surface area contributed by atoms with Crippen LogP contribution in [0.1, 0.15) is 25.3 Å². The molecule has 0 spiro atoms. The Kier molecular flexibility index (Phi) is 4.60. The lowest BCUT2D eigenvalue weighted by atomic mass is 10.1. The van der Waals surface area contributed by atoms with E-state index >= 15 is 0 Å². The van der Waals surface area contributed by atoms with Gasteiger partial charge in [0.2, 0.25) is 5.91 Å². The monoisotopic (exact) mass is 395 g/mol. The molecule has 1 atom stereocenters. The molecule has 1 aliphatic carbocycles. The average molecular weight is 396 g/mol. The molecule has 25 heavy (non-hydrogen) atoms. The lowest BCUT2D eigenvalue weighted by molar-refractivity contribution is -0.138. The fourth-order valence-corrected chi connectivity index (χ4v) is 3.77. The minimum atomic E-state index is -4.40. The van der Waals surface area contributed by atoms with Gasteiger partial charge in [0.1, 0.15) is 10.2 Å². The van der Waals surface area contributed by atoms with Gasteiger partial charge in [0.05, 0.1) is 11.0 Å². The first kappa shape index (κ1) is 18.6. The molecule has 0 aromatic carbocycles. The van der Waals surface area contributed by atoms with Crippen LogP contribution in [0, 0.1) is 5.41 Å². The number of rotatable bonds is 2.